The summed E-state index contributed by atoms with van der Waals surface area (Å²) >= 11 is 6.28. The van der Waals surface area contributed by atoms with Gasteiger partial charge >= 0.3 is 0 Å². The Morgan fingerprint density at radius 3 is 2.60 bits per heavy atom. The quantitative estimate of drug-likeness (QED) is 0.843. The molecular weight excluding hydrogens is 273 g/mol. The molecule has 2 rings (SSSR count). The van der Waals surface area contributed by atoms with Crippen LogP contribution in [0.25, 0.3) is 0 Å². The fraction of sp³-hybridized carbons (Fsp3) is 0.294. The zero-order valence-electron chi connectivity index (χ0n) is 11.8. The largest absolute Gasteiger partial charge is 0.310 e. The molecule has 0 saturated heterocycles. The van der Waals surface area contributed by atoms with Gasteiger partial charge in [0, 0.05) is 16.6 Å². The van der Waals surface area contributed by atoms with Crippen LogP contribution in [0.1, 0.15) is 29.7 Å². The van der Waals surface area contributed by atoms with Crippen molar-refractivity contribution >= 4 is 11.6 Å². The maximum absolute atomic E-state index is 14.0. The predicted octanol–water partition coefficient (Wildman–Crippen LogP) is 4.68. The van der Waals surface area contributed by atoms with E-state index in [2.05, 4.69) is 5.32 Å². The number of rotatable bonds is 5. The van der Waals surface area contributed by atoms with E-state index in [0.29, 0.717) is 12.0 Å². The van der Waals surface area contributed by atoms with Gasteiger partial charge in [0.2, 0.25) is 0 Å². The second-order valence-electron chi connectivity index (χ2n) is 4.93. The predicted molar refractivity (Wildman–Crippen MR) is 82.7 cm³/mol. The van der Waals surface area contributed by atoms with Crippen LogP contribution < -0.4 is 5.32 Å². The second-order valence-corrected chi connectivity index (χ2v) is 5.34. The summed E-state index contributed by atoms with van der Waals surface area (Å²) in [6.07, 6.45) is 0.674. The Morgan fingerprint density at radius 2 is 1.95 bits per heavy atom. The molecule has 0 aromatic heterocycles. The monoisotopic (exact) mass is 291 g/mol. The summed E-state index contributed by atoms with van der Waals surface area (Å²) in [5.41, 5.74) is 2.85. The molecular formula is C17H19ClFN. The molecule has 2 aromatic carbocycles. The summed E-state index contributed by atoms with van der Waals surface area (Å²) in [6, 6.07) is 12.8. The van der Waals surface area contributed by atoms with Crippen LogP contribution in [0.15, 0.2) is 42.5 Å². The summed E-state index contributed by atoms with van der Waals surface area (Å²) in [7, 11) is 0. The Hall–Kier alpha value is -1.38. The number of benzene rings is 2. The molecule has 1 atom stereocenters. The highest BCUT2D eigenvalue weighted by atomic mass is 35.5. The number of aryl methyl sites for hydroxylation is 1. The molecule has 0 spiro atoms. The van der Waals surface area contributed by atoms with E-state index in [9.17, 15) is 4.39 Å². The minimum atomic E-state index is -0.179. The zero-order chi connectivity index (χ0) is 14.5. The van der Waals surface area contributed by atoms with Crippen molar-refractivity contribution in [2.24, 2.45) is 0 Å². The van der Waals surface area contributed by atoms with E-state index >= 15 is 0 Å². The molecule has 0 fully saturated rings. The molecule has 0 heterocycles. The Morgan fingerprint density at radius 1 is 1.20 bits per heavy atom. The van der Waals surface area contributed by atoms with Crippen LogP contribution >= 0.6 is 11.6 Å². The fourth-order valence-corrected chi connectivity index (χ4v) is 2.65. The highest BCUT2D eigenvalue weighted by molar-refractivity contribution is 6.31. The molecule has 0 bridgehead atoms. The summed E-state index contributed by atoms with van der Waals surface area (Å²) < 4.78 is 14.0. The molecule has 0 amide bonds. The molecule has 20 heavy (non-hydrogen) atoms. The van der Waals surface area contributed by atoms with Crippen LogP contribution in [0, 0.1) is 12.7 Å². The standard InChI is InChI=1S/C17H19ClFN/c1-3-20-17(14-6-4-5-7-16(14)19)11-13-9-8-12(2)10-15(13)18/h4-10,17,20H,3,11H2,1-2H3. The SMILES string of the molecule is CCNC(Cc1ccc(C)cc1Cl)c1ccccc1F. The fourth-order valence-electron chi connectivity index (χ4n) is 2.33. The van der Waals surface area contributed by atoms with Crippen molar-refractivity contribution in [3.05, 3.63) is 70.0 Å². The maximum atomic E-state index is 14.0. The van der Waals surface area contributed by atoms with Gasteiger partial charge in [-0.2, -0.15) is 0 Å². The smallest absolute Gasteiger partial charge is 0.127 e. The number of halogens is 2. The van der Waals surface area contributed by atoms with Gasteiger partial charge < -0.3 is 5.32 Å². The Labute approximate surface area is 124 Å². The van der Waals surface area contributed by atoms with Gasteiger partial charge in [0.25, 0.3) is 0 Å². The van der Waals surface area contributed by atoms with Crippen molar-refractivity contribution in [3.8, 4) is 0 Å². The normalized spacial score (nSPS) is 12.4. The van der Waals surface area contributed by atoms with Crippen molar-refractivity contribution in [2.45, 2.75) is 26.3 Å². The van der Waals surface area contributed by atoms with E-state index in [4.69, 9.17) is 11.6 Å². The minimum Gasteiger partial charge on any atom is -0.310 e. The zero-order valence-corrected chi connectivity index (χ0v) is 12.5. The Bertz CT molecular complexity index is 583. The van der Waals surface area contributed by atoms with Crippen LogP contribution in [0.5, 0.6) is 0 Å². The number of hydrogen-bond donors (Lipinski definition) is 1. The van der Waals surface area contributed by atoms with Gasteiger partial charge in [0.1, 0.15) is 5.82 Å². The molecule has 0 aliphatic rings. The third-order valence-corrected chi connectivity index (χ3v) is 3.72. The molecule has 0 radical (unpaired) electrons. The molecule has 2 aromatic rings. The van der Waals surface area contributed by atoms with E-state index in [1.807, 2.05) is 44.2 Å². The van der Waals surface area contributed by atoms with Crippen molar-refractivity contribution in [2.75, 3.05) is 6.54 Å². The lowest BCUT2D eigenvalue weighted by Gasteiger charge is -2.20. The van der Waals surface area contributed by atoms with Gasteiger partial charge in [0.15, 0.2) is 0 Å². The van der Waals surface area contributed by atoms with E-state index in [0.717, 1.165) is 22.7 Å². The Kier molecular flexibility index (Phi) is 5.16. The van der Waals surface area contributed by atoms with Crippen LogP contribution in [0.4, 0.5) is 4.39 Å². The van der Waals surface area contributed by atoms with Crippen molar-refractivity contribution < 1.29 is 4.39 Å². The average molecular weight is 292 g/mol. The number of hydrogen-bond acceptors (Lipinski definition) is 1. The van der Waals surface area contributed by atoms with Crippen LogP contribution in [-0.2, 0) is 6.42 Å². The lowest BCUT2D eigenvalue weighted by molar-refractivity contribution is 0.510. The first-order valence-corrected chi connectivity index (χ1v) is 7.22. The van der Waals surface area contributed by atoms with Gasteiger partial charge in [-0.1, -0.05) is 48.9 Å². The first-order chi connectivity index (χ1) is 9.61. The summed E-state index contributed by atoms with van der Waals surface area (Å²) in [5.74, 6) is -0.179. The van der Waals surface area contributed by atoms with Gasteiger partial charge in [-0.05, 0) is 43.1 Å². The van der Waals surface area contributed by atoms with Crippen molar-refractivity contribution in [1.29, 1.82) is 0 Å². The van der Waals surface area contributed by atoms with Gasteiger partial charge in [-0.3, -0.25) is 0 Å². The molecule has 0 saturated carbocycles. The second kappa shape index (κ2) is 6.87. The Balaban J connectivity index is 2.28. The van der Waals surface area contributed by atoms with E-state index in [-0.39, 0.29) is 11.9 Å². The third-order valence-electron chi connectivity index (χ3n) is 3.36. The molecule has 0 aliphatic heterocycles. The minimum absolute atomic E-state index is 0.0681. The lowest BCUT2D eigenvalue weighted by Crippen LogP contribution is -2.24. The molecule has 1 nitrogen and oxygen atoms in total. The number of nitrogens with one attached hydrogen (secondary N) is 1. The van der Waals surface area contributed by atoms with Gasteiger partial charge in [0.05, 0.1) is 0 Å². The van der Waals surface area contributed by atoms with Crippen LogP contribution in [-0.4, -0.2) is 6.54 Å². The summed E-state index contributed by atoms with van der Waals surface area (Å²) in [4.78, 5) is 0. The summed E-state index contributed by atoms with van der Waals surface area (Å²) in [5, 5.41) is 4.07. The molecule has 1 N–H and O–H groups in total. The van der Waals surface area contributed by atoms with E-state index < -0.39 is 0 Å². The van der Waals surface area contributed by atoms with Crippen LogP contribution in [0.2, 0.25) is 5.02 Å². The topological polar surface area (TPSA) is 12.0 Å². The highest BCUT2D eigenvalue weighted by Crippen LogP contribution is 2.25. The van der Waals surface area contributed by atoms with E-state index in [1.54, 1.807) is 6.07 Å². The first kappa shape index (κ1) is 15.0. The maximum Gasteiger partial charge on any atom is 0.127 e. The van der Waals surface area contributed by atoms with Crippen molar-refractivity contribution in [1.82, 2.24) is 5.32 Å². The van der Waals surface area contributed by atoms with Gasteiger partial charge in [-0.15, -0.1) is 0 Å². The first-order valence-electron chi connectivity index (χ1n) is 6.84. The summed E-state index contributed by atoms with van der Waals surface area (Å²) in [6.45, 7) is 4.81. The average Bonchev–Trinajstić information content (AvgIpc) is 2.42. The van der Waals surface area contributed by atoms with Crippen molar-refractivity contribution in [3.63, 3.8) is 0 Å². The molecule has 1 unspecified atom stereocenters. The molecule has 106 valence electrons. The number of likely N-dealkylation sites (N-methyl/N-ethyl adjacent to an activating group) is 1. The van der Waals surface area contributed by atoms with Crippen LogP contribution in [0.3, 0.4) is 0 Å². The lowest BCUT2D eigenvalue weighted by atomic mass is 9.97. The van der Waals surface area contributed by atoms with Gasteiger partial charge in [-0.25, -0.2) is 4.39 Å². The molecule has 0 aliphatic carbocycles. The molecule has 3 heteroatoms. The van der Waals surface area contributed by atoms with E-state index in [1.165, 1.54) is 6.07 Å². The highest BCUT2D eigenvalue weighted by Gasteiger charge is 2.16. The third kappa shape index (κ3) is 3.59.